The van der Waals surface area contributed by atoms with Gasteiger partial charge in [-0.1, -0.05) is 36.4 Å². The molecule has 2 unspecified atom stereocenters. The maximum atomic E-state index is 13.6. The van der Waals surface area contributed by atoms with Crippen LogP contribution in [0.2, 0.25) is 0 Å². The van der Waals surface area contributed by atoms with Gasteiger partial charge in [0.05, 0.1) is 29.8 Å². The standard InChI is InChI=1S/C25H24FNO4/c1-2-18(28)13-19(29)14-22(30)31-25-23(15-9-11-17(26)12-10-15)20-5-3-4-6-21(20)27-24(25)16-7-8-16/h2-6,9-12,16,18-19,28-29H,1,7-8,13-14H2. The predicted molar refractivity (Wildman–Crippen MR) is 116 cm³/mol. The van der Waals surface area contributed by atoms with Crippen LogP contribution >= 0.6 is 0 Å². The van der Waals surface area contributed by atoms with E-state index in [9.17, 15) is 19.4 Å². The number of esters is 1. The van der Waals surface area contributed by atoms with Crippen molar-refractivity contribution in [3.05, 3.63) is 72.7 Å². The molecule has 0 bridgehead atoms. The fraction of sp³-hybridized carbons (Fsp3) is 0.280. The Morgan fingerprint density at radius 2 is 1.90 bits per heavy atom. The van der Waals surface area contributed by atoms with Crippen LogP contribution < -0.4 is 4.74 Å². The Hall–Kier alpha value is -3.09. The number of halogens is 1. The van der Waals surface area contributed by atoms with E-state index in [1.54, 1.807) is 12.1 Å². The smallest absolute Gasteiger partial charge is 0.313 e. The second-order valence-electron chi connectivity index (χ2n) is 7.87. The van der Waals surface area contributed by atoms with E-state index in [0.29, 0.717) is 22.6 Å². The molecule has 31 heavy (non-hydrogen) atoms. The highest BCUT2D eigenvalue weighted by molar-refractivity contribution is 5.99. The number of aliphatic hydroxyl groups excluding tert-OH is 2. The van der Waals surface area contributed by atoms with Crippen LogP contribution in [-0.4, -0.2) is 33.4 Å². The summed E-state index contributed by atoms with van der Waals surface area (Å²) in [5, 5.41) is 20.5. The molecule has 2 aromatic carbocycles. The van der Waals surface area contributed by atoms with Crippen molar-refractivity contribution >= 4 is 16.9 Å². The first-order valence-electron chi connectivity index (χ1n) is 10.3. The number of ether oxygens (including phenoxy) is 1. The lowest BCUT2D eigenvalue weighted by Gasteiger charge is -2.18. The molecule has 0 aliphatic heterocycles. The minimum atomic E-state index is -1.06. The number of pyridine rings is 1. The highest BCUT2D eigenvalue weighted by Crippen LogP contribution is 2.48. The fourth-order valence-electron chi connectivity index (χ4n) is 3.66. The molecule has 160 valence electrons. The van der Waals surface area contributed by atoms with Crippen molar-refractivity contribution in [3.63, 3.8) is 0 Å². The van der Waals surface area contributed by atoms with Gasteiger partial charge in [-0.3, -0.25) is 4.79 Å². The van der Waals surface area contributed by atoms with Gasteiger partial charge >= 0.3 is 5.97 Å². The SMILES string of the molecule is C=CC(O)CC(O)CC(=O)Oc1c(C2CC2)nc2ccccc2c1-c1ccc(F)cc1. The molecule has 1 heterocycles. The lowest BCUT2D eigenvalue weighted by molar-refractivity contribution is -0.136. The Balaban J connectivity index is 1.76. The van der Waals surface area contributed by atoms with Gasteiger partial charge in [-0.2, -0.15) is 0 Å². The first-order valence-corrected chi connectivity index (χ1v) is 10.3. The van der Waals surface area contributed by atoms with Crippen molar-refractivity contribution < 1.29 is 24.1 Å². The fourth-order valence-corrected chi connectivity index (χ4v) is 3.66. The van der Waals surface area contributed by atoms with Crippen molar-refractivity contribution in [1.29, 1.82) is 0 Å². The van der Waals surface area contributed by atoms with Gasteiger partial charge in [0.15, 0.2) is 5.75 Å². The van der Waals surface area contributed by atoms with Crippen molar-refractivity contribution in [2.45, 2.75) is 43.8 Å². The van der Waals surface area contributed by atoms with Gasteiger partial charge in [0.1, 0.15) is 5.82 Å². The van der Waals surface area contributed by atoms with Crippen LogP contribution in [0.25, 0.3) is 22.0 Å². The molecule has 0 amide bonds. The number of rotatable bonds is 8. The first-order chi connectivity index (χ1) is 15.0. The predicted octanol–water partition coefficient (Wildman–Crippen LogP) is 4.51. The number of aliphatic hydroxyl groups is 2. The number of benzene rings is 2. The lowest BCUT2D eigenvalue weighted by Crippen LogP contribution is -2.22. The van der Waals surface area contributed by atoms with Crippen molar-refractivity contribution in [3.8, 4) is 16.9 Å². The Morgan fingerprint density at radius 3 is 2.58 bits per heavy atom. The maximum Gasteiger partial charge on any atom is 0.313 e. The Labute approximate surface area is 179 Å². The molecule has 0 saturated heterocycles. The third-order valence-electron chi connectivity index (χ3n) is 5.37. The molecule has 5 nitrogen and oxygen atoms in total. The molecule has 4 rings (SSSR count). The normalized spacial score (nSPS) is 15.5. The third-order valence-corrected chi connectivity index (χ3v) is 5.37. The molecule has 0 radical (unpaired) electrons. The van der Waals surface area contributed by atoms with E-state index in [4.69, 9.17) is 9.72 Å². The van der Waals surface area contributed by atoms with Gasteiger partial charge in [-0.15, -0.1) is 6.58 Å². The molecule has 2 atom stereocenters. The Morgan fingerprint density at radius 1 is 1.19 bits per heavy atom. The van der Waals surface area contributed by atoms with Gasteiger partial charge < -0.3 is 14.9 Å². The van der Waals surface area contributed by atoms with Crippen LogP contribution in [0.1, 0.15) is 37.3 Å². The molecule has 1 saturated carbocycles. The number of aromatic nitrogens is 1. The highest BCUT2D eigenvalue weighted by Gasteiger charge is 2.32. The van der Waals surface area contributed by atoms with Crippen LogP contribution in [0.4, 0.5) is 4.39 Å². The summed E-state index contributed by atoms with van der Waals surface area (Å²) >= 11 is 0. The first kappa shape index (κ1) is 21.2. The average molecular weight is 421 g/mol. The average Bonchev–Trinajstić information content (AvgIpc) is 3.59. The zero-order valence-corrected chi connectivity index (χ0v) is 17.0. The van der Waals surface area contributed by atoms with Gasteiger partial charge in [0.25, 0.3) is 0 Å². The largest absolute Gasteiger partial charge is 0.424 e. The van der Waals surface area contributed by atoms with E-state index >= 15 is 0 Å². The molecule has 2 N–H and O–H groups in total. The number of carbonyl (C=O) groups is 1. The van der Waals surface area contributed by atoms with Crippen LogP contribution in [-0.2, 0) is 4.79 Å². The molecule has 3 aromatic rings. The van der Waals surface area contributed by atoms with Crippen LogP contribution in [0.15, 0.2) is 61.2 Å². The monoisotopic (exact) mass is 421 g/mol. The second-order valence-corrected chi connectivity index (χ2v) is 7.87. The van der Waals surface area contributed by atoms with Crippen LogP contribution in [0.5, 0.6) is 5.75 Å². The summed E-state index contributed by atoms with van der Waals surface area (Å²) in [6, 6.07) is 13.6. The van der Waals surface area contributed by atoms with Crippen molar-refractivity contribution in [2.24, 2.45) is 0 Å². The summed E-state index contributed by atoms with van der Waals surface area (Å²) in [6.07, 6.45) is 0.966. The minimum absolute atomic E-state index is 0.00509. The second kappa shape index (κ2) is 8.96. The lowest BCUT2D eigenvalue weighted by atomic mass is 9.97. The summed E-state index contributed by atoms with van der Waals surface area (Å²) in [5.74, 6) is -0.425. The van der Waals surface area contributed by atoms with E-state index in [2.05, 4.69) is 6.58 Å². The number of hydrogen-bond donors (Lipinski definition) is 2. The van der Waals surface area contributed by atoms with E-state index < -0.39 is 18.2 Å². The van der Waals surface area contributed by atoms with Gasteiger partial charge in [-0.05, 0) is 36.6 Å². The van der Waals surface area contributed by atoms with Gasteiger partial charge in [-0.25, -0.2) is 9.37 Å². The zero-order valence-electron chi connectivity index (χ0n) is 17.0. The van der Waals surface area contributed by atoms with Crippen molar-refractivity contribution in [1.82, 2.24) is 4.98 Å². The zero-order chi connectivity index (χ0) is 22.0. The van der Waals surface area contributed by atoms with E-state index in [1.807, 2.05) is 24.3 Å². The topological polar surface area (TPSA) is 79.7 Å². The number of nitrogens with zero attached hydrogens (tertiary/aromatic N) is 1. The molecule has 1 aliphatic carbocycles. The molecule has 1 aliphatic rings. The summed E-state index contributed by atoms with van der Waals surface area (Å²) in [4.78, 5) is 17.5. The molecule has 0 spiro atoms. The van der Waals surface area contributed by atoms with E-state index in [0.717, 1.165) is 23.7 Å². The molecule has 1 aromatic heterocycles. The Bertz CT molecular complexity index is 1110. The molecule has 1 fully saturated rings. The molecule has 6 heteroatoms. The van der Waals surface area contributed by atoms with E-state index in [1.165, 1.54) is 18.2 Å². The molecular formula is C25H24FNO4. The summed E-state index contributed by atoms with van der Waals surface area (Å²) in [7, 11) is 0. The quantitative estimate of drug-likeness (QED) is 0.413. The number of fused-ring (bicyclic) bond motifs is 1. The summed E-state index contributed by atoms with van der Waals surface area (Å²) < 4.78 is 19.4. The summed E-state index contributed by atoms with van der Waals surface area (Å²) in [6.45, 7) is 3.47. The Kier molecular flexibility index (Phi) is 6.11. The van der Waals surface area contributed by atoms with Gasteiger partial charge in [0.2, 0.25) is 0 Å². The maximum absolute atomic E-state index is 13.6. The minimum Gasteiger partial charge on any atom is -0.424 e. The van der Waals surface area contributed by atoms with Crippen LogP contribution in [0.3, 0.4) is 0 Å². The third kappa shape index (κ3) is 4.81. The molecular weight excluding hydrogens is 397 g/mol. The highest BCUT2D eigenvalue weighted by atomic mass is 19.1. The van der Waals surface area contributed by atoms with Crippen molar-refractivity contribution in [2.75, 3.05) is 0 Å². The van der Waals surface area contributed by atoms with Crippen LogP contribution in [0, 0.1) is 5.82 Å². The number of para-hydroxylation sites is 1. The summed E-state index contributed by atoms with van der Waals surface area (Å²) in [5.41, 5.74) is 2.87. The number of hydrogen-bond acceptors (Lipinski definition) is 5. The number of carbonyl (C=O) groups excluding carboxylic acids is 1. The van der Waals surface area contributed by atoms with E-state index in [-0.39, 0.29) is 24.6 Å². The van der Waals surface area contributed by atoms with Gasteiger partial charge in [0, 0.05) is 23.3 Å².